The molecule has 1 aliphatic heterocycles. The Morgan fingerprint density at radius 2 is 1.42 bits per heavy atom. The molecule has 0 saturated heterocycles. The van der Waals surface area contributed by atoms with E-state index < -0.39 is 12.0 Å². The van der Waals surface area contributed by atoms with Crippen molar-refractivity contribution in [3.63, 3.8) is 0 Å². The van der Waals surface area contributed by atoms with Crippen LogP contribution < -0.4 is 10.2 Å². The number of nitrogens with zero attached hydrogens (tertiary/aromatic N) is 1. The fourth-order valence-electron chi connectivity index (χ4n) is 4.49. The van der Waals surface area contributed by atoms with E-state index in [4.69, 9.17) is 4.74 Å². The molecule has 4 rings (SSSR count). The molecule has 0 spiro atoms. The van der Waals surface area contributed by atoms with Crippen LogP contribution in [-0.4, -0.2) is 18.5 Å². The highest BCUT2D eigenvalue weighted by Crippen LogP contribution is 2.42. The first-order valence-corrected chi connectivity index (χ1v) is 12.6. The van der Waals surface area contributed by atoms with Crippen molar-refractivity contribution >= 4 is 23.3 Å². The smallest absolute Gasteiger partial charge is 0.338 e. The number of carbonyl (C=O) groups is 2. The molecule has 1 amide bonds. The first-order valence-electron chi connectivity index (χ1n) is 12.6. The van der Waals surface area contributed by atoms with Crippen molar-refractivity contribution in [2.24, 2.45) is 0 Å². The summed E-state index contributed by atoms with van der Waals surface area (Å²) in [7, 11) is 0. The largest absolute Gasteiger partial charge is 0.463 e. The van der Waals surface area contributed by atoms with Crippen LogP contribution in [0.4, 0.5) is 11.4 Å². The summed E-state index contributed by atoms with van der Waals surface area (Å²) in [6, 6.07) is 24.9. The number of esters is 1. The van der Waals surface area contributed by atoms with Crippen LogP contribution in [-0.2, 0) is 14.3 Å². The summed E-state index contributed by atoms with van der Waals surface area (Å²) in [6.07, 6.45) is 0. The van der Waals surface area contributed by atoms with Gasteiger partial charge < -0.3 is 10.1 Å². The minimum absolute atomic E-state index is 0.220. The molecule has 3 aromatic rings. The Morgan fingerprint density at radius 3 is 1.94 bits per heavy atom. The maximum Gasteiger partial charge on any atom is 0.338 e. The first kappa shape index (κ1) is 25.2. The van der Waals surface area contributed by atoms with E-state index in [1.165, 1.54) is 11.1 Å². The van der Waals surface area contributed by atoms with E-state index >= 15 is 0 Å². The number of hydrogen-bond donors (Lipinski definition) is 1. The van der Waals surface area contributed by atoms with Crippen molar-refractivity contribution in [1.29, 1.82) is 0 Å². The van der Waals surface area contributed by atoms with Gasteiger partial charge in [-0.2, -0.15) is 0 Å². The Morgan fingerprint density at radius 1 is 0.861 bits per heavy atom. The lowest BCUT2D eigenvalue weighted by molar-refractivity contribution is -0.138. The fraction of sp³-hybridized carbons (Fsp3) is 0.290. The van der Waals surface area contributed by atoms with Gasteiger partial charge in [-0.3, -0.25) is 9.69 Å². The molecule has 36 heavy (non-hydrogen) atoms. The molecule has 186 valence electrons. The second kappa shape index (κ2) is 10.8. The summed E-state index contributed by atoms with van der Waals surface area (Å²) < 4.78 is 5.46. The van der Waals surface area contributed by atoms with Gasteiger partial charge in [-0.05, 0) is 59.7 Å². The number of benzene rings is 3. The highest BCUT2D eigenvalue weighted by molar-refractivity contribution is 6.18. The van der Waals surface area contributed by atoms with Crippen LogP contribution >= 0.6 is 0 Å². The molecule has 0 saturated carbocycles. The molecule has 0 aromatic heterocycles. The maximum atomic E-state index is 14.0. The molecule has 0 aliphatic carbocycles. The van der Waals surface area contributed by atoms with Gasteiger partial charge in [-0.1, -0.05) is 82.3 Å². The SMILES string of the molecule is CCOC(=O)C1=C(Nc2ccc(C(C)C)cc2)C(=O)N(c2ccc(C(C)C)cc2)C1c1ccccc1. The van der Waals surface area contributed by atoms with Gasteiger partial charge >= 0.3 is 5.97 Å². The average Bonchev–Trinajstić information content (AvgIpc) is 3.17. The van der Waals surface area contributed by atoms with Crippen molar-refractivity contribution < 1.29 is 14.3 Å². The van der Waals surface area contributed by atoms with Gasteiger partial charge in [0.25, 0.3) is 5.91 Å². The number of carbonyl (C=O) groups excluding carboxylic acids is 2. The van der Waals surface area contributed by atoms with Gasteiger partial charge in [0.15, 0.2) is 0 Å². The summed E-state index contributed by atoms with van der Waals surface area (Å²) >= 11 is 0. The monoisotopic (exact) mass is 482 g/mol. The predicted octanol–water partition coefficient (Wildman–Crippen LogP) is 6.95. The predicted molar refractivity (Wildman–Crippen MR) is 145 cm³/mol. The molecule has 1 N–H and O–H groups in total. The Hall–Kier alpha value is -3.86. The van der Waals surface area contributed by atoms with E-state index in [9.17, 15) is 9.59 Å². The fourth-order valence-corrected chi connectivity index (χ4v) is 4.49. The van der Waals surface area contributed by atoms with E-state index in [2.05, 4.69) is 33.0 Å². The minimum atomic E-state index is -0.611. The van der Waals surface area contributed by atoms with Gasteiger partial charge in [0.1, 0.15) is 5.70 Å². The average molecular weight is 483 g/mol. The number of anilines is 2. The zero-order valence-electron chi connectivity index (χ0n) is 21.6. The standard InChI is InChI=1S/C31H34N2O3/c1-6-36-31(35)27-28(32-25-16-12-22(13-17-25)20(2)3)30(34)33(29(27)24-10-8-7-9-11-24)26-18-14-23(15-19-26)21(4)5/h7-21,29,32H,6H2,1-5H3. The lowest BCUT2D eigenvalue weighted by Crippen LogP contribution is -2.31. The van der Waals surface area contributed by atoms with E-state index in [0.717, 1.165) is 16.9 Å². The molecule has 3 aromatic carbocycles. The molecule has 0 fully saturated rings. The highest BCUT2D eigenvalue weighted by Gasteiger charge is 2.45. The molecular formula is C31H34N2O3. The maximum absolute atomic E-state index is 14.0. The number of ether oxygens (including phenoxy) is 1. The van der Waals surface area contributed by atoms with Crippen molar-refractivity contribution in [2.45, 2.75) is 52.5 Å². The molecule has 5 nitrogen and oxygen atoms in total. The van der Waals surface area contributed by atoms with E-state index in [1.807, 2.05) is 78.9 Å². The number of nitrogens with one attached hydrogen (secondary N) is 1. The third-order valence-corrected chi connectivity index (χ3v) is 6.53. The van der Waals surface area contributed by atoms with Crippen molar-refractivity contribution in [3.05, 3.63) is 107 Å². The second-order valence-corrected chi connectivity index (χ2v) is 9.65. The summed E-state index contributed by atoms with van der Waals surface area (Å²) in [4.78, 5) is 29.0. The third kappa shape index (κ3) is 5.06. The molecule has 5 heteroatoms. The van der Waals surface area contributed by atoms with Crippen molar-refractivity contribution in [3.8, 4) is 0 Å². The normalized spacial score (nSPS) is 15.7. The summed E-state index contributed by atoms with van der Waals surface area (Å²) in [5.41, 5.74) is 5.26. The van der Waals surface area contributed by atoms with Gasteiger partial charge in [-0.15, -0.1) is 0 Å². The zero-order chi connectivity index (χ0) is 25.8. The van der Waals surface area contributed by atoms with Gasteiger partial charge in [0, 0.05) is 11.4 Å². The second-order valence-electron chi connectivity index (χ2n) is 9.65. The summed E-state index contributed by atoms with van der Waals surface area (Å²) in [6.45, 7) is 10.5. The van der Waals surface area contributed by atoms with Crippen molar-refractivity contribution in [2.75, 3.05) is 16.8 Å². The number of rotatable bonds is 8. The van der Waals surface area contributed by atoms with Crippen LogP contribution in [0.25, 0.3) is 0 Å². The molecule has 1 unspecified atom stereocenters. The quantitative estimate of drug-likeness (QED) is 0.353. The zero-order valence-corrected chi connectivity index (χ0v) is 21.6. The third-order valence-electron chi connectivity index (χ3n) is 6.53. The van der Waals surface area contributed by atoms with Crippen LogP contribution in [0.5, 0.6) is 0 Å². The first-order chi connectivity index (χ1) is 17.3. The summed E-state index contributed by atoms with van der Waals surface area (Å²) in [5, 5.41) is 3.26. The molecule has 0 radical (unpaired) electrons. The molecule has 1 aliphatic rings. The lowest BCUT2D eigenvalue weighted by atomic mass is 9.98. The summed E-state index contributed by atoms with van der Waals surface area (Å²) in [5.74, 6) is 0.00480. The van der Waals surface area contributed by atoms with Crippen LogP contribution in [0.3, 0.4) is 0 Å². The highest BCUT2D eigenvalue weighted by atomic mass is 16.5. The Balaban J connectivity index is 1.83. The van der Waals surface area contributed by atoms with E-state index in [0.29, 0.717) is 17.4 Å². The van der Waals surface area contributed by atoms with E-state index in [-0.39, 0.29) is 18.2 Å². The number of amides is 1. The van der Waals surface area contributed by atoms with Crippen molar-refractivity contribution in [1.82, 2.24) is 0 Å². The van der Waals surface area contributed by atoms with Gasteiger partial charge in [-0.25, -0.2) is 4.79 Å². The Kier molecular flexibility index (Phi) is 7.58. The lowest BCUT2D eigenvalue weighted by Gasteiger charge is -2.27. The van der Waals surface area contributed by atoms with Gasteiger partial charge in [0.05, 0.1) is 18.2 Å². The van der Waals surface area contributed by atoms with Crippen LogP contribution in [0.1, 0.15) is 69.2 Å². The molecule has 0 bridgehead atoms. The van der Waals surface area contributed by atoms with Crippen LogP contribution in [0, 0.1) is 0 Å². The Bertz CT molecular complexity index is 1240. The van der Waals surface area contributed by atoms with Gasteiger partial charge in [0.2, 0.25) is 0 Å². The minimum Gasteiger partial charge on any atom is -0.463 e. The van der Waals surface area contributed by atoms with Crippen LogP contribution in [0.15, 0.2) is 90.1 Å². The molecular weight excluding hydrogens is 448 g/mol. The molecule has 1 heterocycles. The topological polar surface area (TPSA) is 58.6 Å². The van der Waals surface area contributed by atoms with E-state index in [1.54, 1.807) is 11.8 Å². The van der Waals surface area contributed by atoms with Crippen LogP contribution in [0.2, 0.25) is 0 Å². The number of hydrogen-bond acceptors (Lipinski definition) is 4. The molecule has 1 atom stereocenters. The Labute approximate surface area is 213 Å².